The third kappa shape index (κ3) is 3.06. The van der Waals surface area contributed by atoms with Gasteiger partial charge in [-0.2, -0.15) is 13.8 Å². The van der Waals surface area contributed by atoms with Crippen molar-refractivity contribution in [2.75, 3.05) is 36.0 Å². The first-order valence-corrected chi connectivity index (χ1v) is 10.5. The summed E-state index contributed by atoms with van der Waals surface area (Å²) in [6.45, 7) is 1.69. The molecular formula is C21H28F2N4O2. The standard InChI is InChI=1S/C21H28F2N4O2/c1-3-29-17(28)9-16-13-8-14(16)11-26(10-13)19-15-4-6-21(22,23)18(15)24-20(25-19)27-7-5-12(27)2/h12-14,16H,3-11H2,1-2H3/t12?,13-,14+,16?/i2D3. The first-order valence-electron chi connectivity index (χ1n) is 12.0. The minimum absolute atomic E-state index is 0.0926. The molecule has 2 aliphatic carbocycles. The summed E-state index contributed by atoms with van der Waals surface area (Å²) < 4.78 is 57.6. The summed E-state index contributed by atoms with van der Waals surface area (Å²) >= 11 is 0. The van der Waals surface area contributed by atoms with Crippen molar-refractivity contribution >= 4 is 17.7 Å². The lowest BCUT2D eigenvalue weighted by atomic mass is 9.60. The van der Waals surface area contributed by atoms with Crippen molar-refractivity contribution in [1.82, 2.24) is 9.97 Å². The Morgan fingerprint density at radius 1 is 1.34 bits per heavy atom. The average Bonchev–Trinajstić information content (AvgIpc) is 2.98. The van der Waals surface area contributed by atoms with E-state index in [0.29, 0.717) is 62.3 Å². The van der Waals surface area contributed by atoms with E-state index in [1.807, 2.05) is 0 Å². The van der Waals surface area contributed by atoms with Crippen LogP contribution in [0.1, 0.15) is 54.8 Å². The molecule has 4 fully saturated rings. The molecule has 158 valence electrons. The van der Waals surface area contributed by atoms with Crippen LogP contribution in [0.15, 0.2) is 0 Å². The topological polar surface area (TPSA) is 58.6 Å². The molecule has 1 saturated carbocycles. The monoisotopic (exact) mass is 409 g/mol. The molecule has 6 rings (SSSR count). The zero-order valence-corrected chi connectivity index (χ0v) is 16.5. The third-order valence-electron chi connectivity index (χ3n) is 7.02. The second-order valence-electron chi connectivity index (χ2n) is 8.71. The number of esters is 1. The largest absolute Gasteiger partial charge is 0.466 e. The van der Waals surface area contributed by atoms with Crippen LogP contribution in [0.3, 0.4) is 0 Å². The molecule has 4 heterocycles. The van der Waals surface area contributed by atoms with Crippen molar-refractivity contribution in [3.05, 3.63) is 11.3 Å². The summed E-state index contributed by atoms with van der Waals surface area (Å²) in [5.74, 6) is -1.75. The van der Waals surface area contributed by atoms with Crippen LogP contribution >= 0.6 is 0 Å². The molecule has 2 bridgehead atoms. The maximum atomic E-state index is 14.7. The highest BCUT2D eigenvalue weighted by Crippen LogP contribution is 2.50. The maximum Gasteiger partial charge on any atom is 0.306 e. The number of carbonyl (C=O) groups excluding carboxylic acids is 1. The molecule has 29 heavy (non-hydrogen) atoms. The molecule has 0 radical (unpaired) electrons. The minimum Gasteiger partial charge on any atom is -0.466 e. The van der Waals surface area contributed by atoms with Gasteiger partial charge in [-0.25, -0.2) is 4.98 Å². The van der Waals surface area contributed by atoms with E-state index in [2.05, 4.69) is 14.9 Å². The third-order valence-corrected chi connectivity index (χ3v) is 7.02. The fourth-order valence-corrected chi connectivity index (χ4v) is 5.32. The van der Waals surface area contributed by atoms with Gasteiger partial charge >= 0.3 is 5.97 Å². The number of rotatable bonds is 5. The smallest absolute Gasteiger partial charge is 0.306 e. The molecule has 3 saturated heterocycles. The van der Waals surface area contributed by atoms with Gasteiger partial charge in [-0.1, -0.05) is 0 Å². The molecule has 4 atom stereocenters. The zero-order valence-electron chi connectivity index (χ0n) is 19.5. The Morgan fingerprint density at radius 3 is 2.79 bits per heavy atom. The summed E-state index contributed by atoms with van der Waals surface area (Å²) in [5, 5.41) is 0. The number of hydrogen-bond donors (Lipinski definition) is 0. The van der Waals surface area contributed by atoms with E-state index in [0.717, 1.165) is 6.42 Å². The number of halogens is 2. The lowest BCUT2D eigenvalue weighted by Gasteiger charge is -2.54. The molecule has 3 aliphatic heterocycles. The SMILES string of the molecule is [2H]C([2H])([2H])C1CCN1c1nc(N2C[C@H]3C[C@@H](C2)C3CC(=O)OCC)c2c(n1)C(F)(F)CC2. The molecule has 0 spiro atoms. The molecule has 2 unspecified atom stereocenters. The predicted molar refractivity (Wildman–Crippen MR) is 104 cm³/mol. The number of alkyl halides is 2. The normalized spacial score (nSPS) is 33.7. The van der Waals surface area contributed by atoms with Crippen molar-refractivity contribution < 1.29 is 22.4 Å². The number of hydrogen-bond acceptors (Lipinski definition) is 6. The molecule has 0 aromatic carbocycles. The fraction of sp³-hybridized carbons (Fsp3) is 0.762. The number of anilines is 2. The van der Waals surface area contributed by atoms with Gasteiger partial charge in [0.25, 0.3) is 5.92 Å². The van der Waals surface area contributed by atoms with Gasteiger partial charge in [0.2, 0.25) is 5.95 Å². The Balaban J connectivity index is 1.42. The number of ether oxygens (including phenoxy) is 1. The lowest BCUT2D eigenvalue weighted by Crippen LogP contribution is -2.56. The van der Waals surface area contributed by atoms with Gasteiger partial charge in [0.05, 0.1) is 6.61 Å². The van der Waals surface area contributed by atoms with Gasteiger partial charge in [-0.3, -0.25) is 4.79 Å². The predicted octanol–water partition coefficient (Wildman–Crippen LogP) is 3.14. The van der Waals surface area contributed by atoms with Gasteiger partial charge in [0.1, 0.15) is 11.5 Å². The summed E-state index contributed by atoms with van der Waals surface area (Å²) in [4.78, 5) is 24.4. The van der Waals surface area contributed by atoms with Gasteiger partial charge in [0.15, 0.2) is 0 Å². The average molecular weight is 409 g/mol. The van der Waals surface area contributed by atoms with Crippen molar-refractivity contribution in [3.8, 4) is 0 Å². The van der Waals surface area contributed by atoms with Crippen LogP contribution in [0.5, 0.6) is 0 Å². The van der Waals surface area contributed by atoms with Crippen LogP contribution in [-0.4, -0.2) is 48.2 Å². The van der Waals surface area contributed by atoms with Crippen LogP contribution in [0, 0.1) is 17.8 Å². The van der Waals surface area contributed by atoms with Crippen LogP contribution in [0.4, 0.5) is 20.5 Å². The molecule has 5 aliphatic rings. The highest BCUT2D eigenvalue weighted by molar-refractivity contribution is 5.70. The summed E-state index contributed by atoms with van der Waals surface area (Å²) in [7, 11) is 0. The van der Waals surface area contributed by atoms with E-state index in [4.69, 9.17) is 8.85 Å². The van der Waals surface area contributed by atoms with E-state index in [-0.39, 0.29) is 36.4 Å². The first-order chi connectivity index (χ1) is 15.1. The van der Waals surface area contributed by atoms with E-state index in [1.54, 1.807) is 11.8 Å². The van der Waals surface area contributed by atoms with Crippen molar-refractivity contribution in [2.24, 2.45) is 17.8 Å². The highest BCUT2D eigenvalue weighted by Gasteiger charge is 2.50. The summed E-state index contributed by atoms with van der Waals surface area (Å²) in [6.07, 6.45) is 1.79. The Hall–Kier alpha value is -1.99. The molecular weight excluding hydrogens is 378 g/mol. The number of fused-ring (bicyclic) bond motifs is 3. The van der Waals surface area contributed by atoms with Crippen LogP contribution in [-0.2, 0) is 21.9 Å². The number of nitrogens with zero attached hydrogens (tertiary/aromatic N) is 4. The Kier molecular flexibility index (Phi) is 3.69. The van der Waals surface area contributed by atoms with Crippen LogP contribution < -0.4 is 9.80 Å². The molecule has 0 amide bonds. The molecule has 0 N–H and O–H groups in total. The second kappa shape index (κ2) is 6.77. The molecule has 8 heteroatoms. The fourth-order valence-electron chi connectivity index (χ4n) is 5.32. The van der Waals surface area contributed by atoms with Crippen molar-refractivity contribution in [1.29, 1.82) is 0 Å². The molecule has 1 aromatic heterocycles. The van der Waals surface area contributed by atoms with Crippen LogP contribution in [0.25, 0.3) is 0 Å². The Morgan fingerprint density at radius 2 is 2.14 bits per heavy atom. The highest BCUT2D eigenvalue weighted by atomic mass is 19.3. The van der Waals surface area contributed by atoms with E-state index < -0.39 is 18.8 Å². The molecule has 6 nitrogen and oxygen atoms in total. The Labute approximate surface area is 173 Å². The first kappa shape index (κ1) is 15.8. The molecule has 1 aromatic rings. The maximum absolute atomic E-state index is 14.7. The number of carbonyl (C=O) groups is 1. The van der Waals surface area contributed by atoms with E-state index in [9.17, 15) is 13.6 Å². The van der Waals surface area contributed by atoms with Crippen LogP contribution in [0.2, 0.25) is 0 Å². The zero-order chi connectivity index (χ0) is 22.8. The van der Waals surface area contributed by atoms with Crippen molar-refractivity contribution in [2.45, 2.75) is 57.8 Å². The minimum atomic E-state index is -3.03. The van der Waals surface area contributed by atoms with Gasteiger partial charge in [-0.15, -0.1) is 0 Å². The van der Waals surface area contributed by atoms with Gasteiger partial charge < -0.3 is 14.5 Å². The lowest BCUT2D eigenvalue weighted by molar-refractivity contribution is -0.147. The van der Waals surface area contributed by atoms with E-state index >= 15 is 0 Å². The summed E-state index contributed by atoms with van der Waals surface area (Å²) in [5.41, 5.74) is 0.226. The van der Waals surface area contributed by atoms with Crippen molar-refractivity contribution in [3.63, 3.8) is 0 Å². The van der Waals surface area contributed by atoms with Gasteiger partial charge in [-0.05, 0) is 50.8 Å². The summed E-state index contributed by atoms with van der Waals surface area (Å²) in [6, 6.07) is -0.743. The number of piperidine rings is 2. The number of aromatic nitrogens is 2. The quantitative estimate of drug-likeness (QED) is 0.697. The van der Waals surface area contributed by atoms with Gasteiger partial charge in [0, 0.05) is 48.2 Å². The Bertz CT molecular complexity index is 917. The van der Waals surface area contributed by atoms with E-state index in [1.165, 1.54) is 0 Å². The second-order valence-corrected chi connectivity index (χ2v) is 8.71.